The molecule has 180 valence electrons. The highest BCUT2D eigenvalue weighted by molar-refractivity contribution is 5.74. The number of hydrogen-bond acceptors (Lipinski definition) is 2. The maximum absolute atomic E-state index is 12.3. The van der Waals surface area contributed by atoms with E-state index in [-0.39, 0.29) is 12.1 Å². The molecule has 0 aliphatic heterocycles. The minimum atomic E-state index is 0.00742. The lowest BCUT2D eigenvalue weighted by Crippen LogP contribution is -2.43. The SMILES string of the molecule is O=C(NC[C@H]1CCC[C@@H](CNC(=O)NC[C@@H]2C[C@@H]3CC[C@@H]2C3)C1)NC[C@@H]1C[C@@H]2CC[C@@H]1C2. The normalized spacial score (nSPS) is 39.8. The summed E-state index contributed by atoms with van der Waals surface area (Å²) in [5, 5.41) is 12.5. The first-order valence-electron chi connectivity index (χ1n) is 13.7. The van der Waals surface area contributed by atoms with E-state index in [0.29, 0.717) is 23.7 Å². The Morgan fingerprint density at radius 2 is 1.00 bits per heavy atom. The fourth-order valence-electron chi connectivity index (χ4n) is 8.07. The minimum Gasteiger partial charge on any atom is -0.338 e. The number of fused-ring (bicyclic) bond motifs is 4. The molecular formula is C26H44N4O2. The number of amides is 4. The van der Waals surface area contributed by atoms with Crippen molar-refractivity contribution in [2.75, 3.05) is 26.2 Å². The van der Waals surface area contributed by atoms with Crippen LogP contribution in [0.1, 0.15) is 77.0 Å². The summed E-state index contributed by atoms with van der Waals surface area (Å²) in [4.78, 5) is 24.6. The lowest BCUT2D eigenvalue weighted by atomic mass is 9.81. The van der Waals surface area contributed by atoms with Crippen molar-refractivity contribution in [1.82, 2.24) is 21.3 Å². The Kier molecular flexibility index (Phi) is 7.13. The molecule has 0 radical (unpaired) electrons. The summed E-state index contributed by atoms with van der Waals surface area (Å²) in [5.41, 5.74) is 0. The molecule has 6 heteroatoms. The van der Waals surface area contributed by atoms with Crippen molar-refractivity contribution >= 4 is 12.1 Å². The van der Waals surface area contributed by atoms with Gasteiger partial charge >= 0.3 is 12.1 Å². The van der Waals surface area contributed by atoms with Gasteiger partial charge in [0.25, 0.3) is 0 Å². The van der Waals surface area contributed by atoms with Gasteiger partial charge in [0.15, 0.2) is 0 Å². The van der Waals surface area contributed by atoms with Crippen LogP contribution in [0.25, 0.3) is 0 Å². The summed E-state index contributed by atoms with van der Waals surface area (Å²) in [7, 11) is 0. The molecule has 0 saturated heterocycles. The zero-order valence-electron chi connectivity index (χ0n) is 19.7. The van der Waals surface area contributed by atoms with Gasteiger partial charge in [0.1, 0.15) is 0 Å². The topological polar surface area (TPSA) is 82.3 Å². The van der Waals surface area contributed by atoms with Crippen LogP contribution in [0.4, 0.5) is 9.59 Å². The maximum Gasteiger partial charge on any atom is 0.314 e. The van der Waals surface area contributed by atoms with Crippen LogP contribution >= 0.6 is 0 Å². The second-order valence-electron chi connectivity index (χ2n) is 12.0. The highest BCUT2D eigenvalue weighted by Gasteiger charge is 2.40. The molecule has 0 aromatic heterocycles. The standard InChI is InChI=1S/C26H44N4O2/c31-25(29-15-23-11-17-4-6-21(23)9-17)27-13-19-2-1-3-20(8-19)14-28-26(32)30-16-24-12-18-5-7-22(24)10-18/h17-24H,1-16H2,(H2,27,29,31)(H2,28,30,32)/t17-,18-,19-,20+,21-,22-,23+,24+/m1/s1. The molecule has 5 fully saturated rings. The van der Waals surface area contributed by atoms with Crippen LogP contribution < -0.4 is 21.3 Å². The minimum absolute atomic E-state index is 0.00742. The van der Waals surface area contributed by atoms with E-state index in [1.165, 1.54) is 70.6 Å². The van der Waals surface area contributed by atoms with E-state index in [9.17, 15) is 9.59 Å². The average molecular weight is 445 g/mol. The molecule has 5 aliphatic carbocycles. The summed E-state index contributed by atoms with van der Waals surface area (Å²) in [6.45, 7) is 3.22. The largest absolute Gasteiger partial charge is 0.338 e. The summed E-state index contributed by atoms with van der Waals surface area (Å²) in [5.74, 6) is 6.06. The Labute approximate surface area is 193 Å². The first-order chi connectivity index (χ1) is 15.6. The van der Waals surface area contributed by atoms with Crippen molar-refractivity contribution in [1.29, 1.82) is 0 Å². The summed E-state index contributed by atoms with van der Waals surface area (Å²) in [6, 6.07) is 0.0148. The van der Waals surface area contributed by atoms with Gasteiger partial charge in [-0.2, -0.15) is 0 Å². The van der Waals surface area contributed by atoms with Gasteiger partial charge in [-0.3, -0.25) is 0 Å². The monoisotopic (exact) mass is 444 g/mol. The number of hydrogen-bond donors (Lipinski definition) is 4. The Hall–Kier alpha value is -1.46. The Bertz CT molecular complexity index is 616. The third-order valence-electron chi connectivity index (χ3n) is 9.81. The van der Waals surface area contributed by atoms with Crippen LogP contribution in [0.5, 0.6) is 0 Å². The molecule has 0 aromatic carbocycles. The molecule has 0 unspecified atom stereocenters. The number of rotatable bonds is 8. The fourth-order valence-corrected chi connectivity index (χ4v) is 8.07. The lowest BCUT2D eigenvalue weighted by molar-refractivity contribution is 0.217. The van der Waals surface area contributed by atoms with Crippen molar-refractivity contribution in [2.24, 2.45) is 47.3 Å². The second-order valence-corrected chi connectivity index (χ2v) is 12.0. The van der Waals surface area contributed by atoms with Crippen LogP contribution in [0.3, 0.4) is 0 Å². The summed E-state index contributed by atoms with van der Waals surface area (Å²) < 4.78 is 0. The van der Waals surface area contributed by atoms with Crippen LogP contribution in [0.2, 0.25) is 0 Å². The quantitative estimate of drug-likeness (QED) is 0.451. The third kappa shape index (κ3) is 5.53. The average Bonchev–Trinajstić information content (AvgIpc) is 3.61. The zero-order valence-corrected chi connectivity index (χ0v) is 19.7. The van der Waals surface area contributed by atoms with Crippen molar-refractivity contribution in [3.05, 3.63) is 0 Å². The van der Waals surface area contributed by atoms with E-state index in [0.717, 1.165) is 56.3 Å². The van der Waals surface area contributed by atoms with Crippen LogP contribution in [0, 0.1) is 47.3 Å². The number of nitrogens with one attached hydrogen (secondary N) is 4. The highest BCUT2D eigenvalue weighted by atomic mass is 16.2. The second kappa shape index (κ2) is 10.2. The highest BCUT2D eigenvalue weighted by Crippen LogP contribution is 2.48. The van der Waals surface area contributed by atoms with Crippen LogP contribution in [-0.4, -0.2) is 38.2 Å². The molecule has 0 heterocycles. The maximum atomic E-state index is 12.3. The van der Waals surface area contributed by atoms with Gasteiger partial charge in [0.2, 0.25) is 0 Å². The molecule has 5 aliphatic rings. The van der Waals surface area contributed by atoms with Gasteiger partial charge in [0.05, 0.1) is 0 Å². The van der Waals surface area contributed by atoms with Gasteiger partial charge in [-0.15, -0.1) is 0 Å². The van der Waals surface area contributed by atoms with Crippen molar-refractivity contribution < 1.29 is 9.59 Å². The van der Waals surface area contributed by atoms with Gasteiger partial charge in [-0.05, 0) is 105 Å². The molecule has 4 bridgehead atoms. The summed E-state index contributed by atoms with van der Waals surface area (Å²) >= 11 is 0. The fraction of sp³-hybridized carbons (Fsp3) is 0.923. The number of carbonyl (C=O) groups is 2. The zero-order chi connectivity index (χ0) is 21.9. The summed E-state index contributed by atoms with van der Waals surface area (Å²) in [6.07, 6.45) is 15.6. The molecule has 32 heavy (non-hydrogen) atoms. The van der Waals surface area contributed by atoms with Gasteiger partial charge in [-0.1, -0.05) is 19.3 Å². The van der Waals surface area contributed by atoms with Gasteiger partial charge in [-0.25, -0.2) is 9.59 Å². The van der Waals surface area contributed by atoms with Gasteiger partial charge < -0.3 is 21.3 Å². The molecule has 4 N–H and O–H groups in total. The molecule has 8 atom stereocenters. The van der Waals surface area contributed by atoms with Crippen molar-refractivity contribution in [2.45, 2.75) is 77.0 Å². The molecule has 5 saturated carbocycles. The molecule has 6 nitrogen and oxygen atoms in total. The molecule has 0 aromatic rings. The van der Waals surface area contributed by atoms with E-state index in [1.54, 1.807) is 0 Å². The smallest absolute Gasteiger partial charge is 0.314 e. The van der Waals surface area contributed by atoms with E-state index in [1.807, 2.05) is 0 Å². The Morgan fingerprint density at radius 3 is 1.41 bits per heavy atom. The predicted octanol–water partition coefficient (Wildman–Crippen LogP) is 4.26. The molecular weight excluding hydrogens is 400 g/mol. The third-order valence-corrected chi connectivity index (χ3v) is 9.81. The van der Waals surface area contributed by atoms with E-state index in [2.05, 4.69) is 21.3 Å². The first-order valence-corrected chi connectivity index (χ1v) is 13.7. The van der Waals surface area contributed by atoms with E-state index < -0.39 is 0 Å². The first kappa shape index (κ1) is 22.3. The van der Waals surface area contributed by atoms with Crippen molar-refractivity contribution in [3.63, 3.8) is 0 Å². The van der Waals surface area contributed by atoms with Gasteiger partial charge in [0, 0.05) is 26.2 Å². The molecule has 0 spiro atoms. The molecule has 4 amide bonds. The van der Waals surface area contributed by atoms with Crippen LogP contribution in [0.15, 0.2) is 0 Å². The predicted molar refractivity (Wildman–Crippen MR) is 126 cm³/mol. The number of urea groups is 2. The van der Waals surface area contributed by atoms with Crippen molar-refractivity contribution in [3.8, 4) is 0 Å². The number of carbonyl (C=O) groups excluding carboxylic acids is 2. The van der Waals surface area contributed by atoms with Crippen LogP contribution in [-0.2, 0) is 0 Å². The Balaban J connectivity index is 0.933. The van der Waals surface area contributed by atoms with E-state index in [4.69, 9.17) is 0 Å². The van der Waals surface area contributed by atoms with E-state index >= 15 is 0 Å². The Morgan fingerprint density at radius 1 is 0.531 bits per heavy atom. The lowest BCUT2D eigenvalue weighted by Gasteiger charge is -2.30. The molecule has 5 rings (SSSR count).